The Morgan fingerprint density at radius 2 is 1.78 bits per heavy atom. The Hall–Kier alpha value is -1.64. The summed E-state index contributed by atoms with van der Waals surface area (Å²) in [6, 6.07) is 10.4. The van der Waals surface area contributed by atoms with Crippen molar-refractivity contribution >= 4 is 11.7 Å². The number of benzene rings is 1. The summed E-state index contributed by atoms with van der Waals surface area (Å²) < 4.78 is 0. The van der Waals surface area contributed by atoms with Crippen molar-refractivity contribution in [3.63, 3.8) is 0 Å². The minimum Gasteiger partial charge on any atom is -0.342 e. The highest BCUT2D eigenvalue weighted by Crippen LogP contribution is 2.27. The molecular weight excluding hydrogens is 226 g/mol. The number of ketones is 1. The van der Waals surface area contributed by atoms with Crippen LogP contribution in [0.2, 0.25) is 0 Å². The van der Waals surface area contributed by atoms with Crippen LogP contribution in [0, 0.1) is 0 Å². The molecule has 1 saturated heterocycles. The molecule has 0 unspecified atom stereocenters. The fourth-order valence-electron chi connectivity index (χ4n) is 2.51. The molecule has 3 nitrogen and oxygen atoms in total. The SMILES string of the molecule is CC(=O)CC(=O)N1CCC(c2ccccc2)CC1. The average molecular weight is 245 g/mol. The van der Waals surface area contributed by atoms with Gasteiger partial charge in [-0.1, -0.05) is 30.3 Å². The van der Waals surface area contributed by atoms with Crippen molar-refractivity contribution in [3.05, 3.63) is 35.9 Å². The van der Waals surface area contributed by atoms with Crippen LogP contribution in [-0.4, -0.2) is 29.7 Å². The maximum Gasteiger partial charge on any atom is 0.230 e. The van der Waals surface area contributed by atoms with Crippen LogP contribution in [0.4, 0.5) is 0 Å². The Balaban J connectivity index is 1.88. The number of piperidine rings is 1. The molecule has 1 heterocycles. The Morgan fingerprint density at radius 1 is 1.17 bits per heavy atom. The molecule has 0 atom stereocenters. The summed E-state index contributed by atoms with van der Waals surface area (Å²) in [6.45, 7) is 3.01. The molecule has 1 aromatic carbocycles. The molecule has 96 valence electrons. The monoisotopic (exact) mass is 245 g/mol. The number of hydrogen-bond acceptors (Lipinski definition) is 2. The molecule has 1 aromatic rings. The third kappa shape index (κ3) is 3.19. The largest absolute Gasteiger partial charge is 0.342 e. The molecule has 0 spiro atoms. The summed E-state index contributed by atoms with van der Waals surface area (Å²) in [4.78, 5) is 24.5. The van der Waals surface area contributed by atoms with E-state index < -0.39 is 0 Å². The van der Waals surface area contributed by atoms with Gasteiger partial charge < -0.3 is 4.90 Å². The molecule has 1 aliphatic heterocycles. The number of nitrogens with zero attached hydrogens (tertiary/aromatic N) is 1. The quantitative estimate of drug-likeness (QED) is 0.767. The molecular formula is C15H19NO2. The molecule has 0 N–H and O–H groups in total. The van der Waals surface area contributed by atoms with E-state index in [0.29, 0.717) is 5.92 Å². The molecule has 0 bridgehead atoms. The van der Waals surface area contributed by atoms with Gasteiger partial charge in [0.15, 0.2) is 0 Å². The molecule has 1 aliphatic rings. The summed E-state index contributed by atoms with van der Waals surface area (Å²) in [6.07, 6.45) is 2.04. The summed E-state index contributed by atoms with van der Waals surface area (Å²) in [5.41, 5.74) is 1.36. The Labute approximate surface area is 108 Å². The van der Waals surface area contributed by atoms with Crippen molar-refractivity contribution in [2.24, 2.45) is 0 Å². The van der Waals surface area contributed by atoms with Gasteiger partial charge in [0.25, 0.3) is 0 Å². The maximum absolute atomic E-state index is 11.8. The third-order valence-electron chi connectivity index (χ3n) is 3.52. The van der Waals surface area contributed by atoms with Gasteiger partial charge in [0.2, 0.25) is 5.91 Å². The number of amides is 1. The fourth-order valence-corrected chi connectivity index (χ4v) is 2.51. The summed E-state index contributed by atoms with van der Waals surface area (Å²) in [5, 5.41) is 0. The predicted octanol–water partition coefficient (Wildman–Crippen LogP) is 2.37. The maximum atomic E-state index is 11.8. The van der Waals surface area contributed by atoms with Crippen molar-refractivity contribution in [2.45, 2.75) is 32.1 Å². The second kappa shape index (κ2) is 5.80. The van der Waals surface area contributed by atoms with Crippen LogP contribution in [0.5, 0.6) is 0 Å². The van der Waals surface area contributed by atoms with Crippen molar-refractivity contribution in [3.8, 4) is 0 Å². The van der Waals surface area contributed by atoms with Crippen LogP contribution in [-0.2, 0) is 9.59 Å². The molecule has 0 aliphatic carbocycles. The van der Waals surface area contributed by atoms with Gasteiger partial charge in [0, 0.05) is 13.1 Å². The van der Waals surface area contributed by atoms with Gasteiger partial charge in [-0.15, -0.1) is 0 Å². The Bertz CT molecular complexity index is 419. The number of rotatable bonds is 3. The van der Waals surface area contributed by atoms with Gasteiger partial charge in [-0.3, -0.25) is 9.59 Å². The van der Waals surface area contributed by atoms with E-state index in [4.69, 9.17) is 0 Å². The van der Waals surface area contributed by atoms with E-state index in [1.54, 1.807) is 0 Å². The van der Waals surface area contributed by atoms with Gasteiger partial charge in [-0.25, -0.2) is 0 Å². The lowest BCUT2D eigenvalue weighted by Gasteiger charge is -2.32. The second-order valence-electron chi connectivity index (χ2n) is 4.94. The second-order valence-corrected chi connectivity index (χ2v) is 4.94. The van der Waals surface area contributed by atoms with Crippen molar-refractivity contribution in [1.29, 1.82) is 0 Å². The summed E-state index contributed by atoms with van der Waals surface area (Å²) >= 11 is 0. The lowest BCUT2D eigenvalue weighted by molar-refractivity contribution is -0.135. The van der Waals surface area contributed by atoms with Gasteiger partial charge in [-0.05, 0) is 31.2 Å². The van der Waals surface area contributed by atoms with E-state index in [-0.39, 0.29) is 18.1 Å². The van der Waals surface area contributed by atoms with Crippen LogP contribution in [0.15, 0.2) is 30.3 Å². The van der Waals surface area contributed by atoms with Crippen LogP contribution < -0.4 is 0 Å². The lowest BCUT2D eigenvalue weighted by atomic mass is 9.89. The zero-order valence-corrected chi connectivity index (χ0v) is 10.8. The first-order valence-corrected chi connectivity index (χ1v) is 6.49. The number of Topliss-reactive ketones (excluding diaryl/α,β-unsaturated/α-hetero) is 1. The first-order valence-electron chi connectivity index (χ1n) is 6.49. The van der Waals surface area contributed by atoms with Crippen molar-refractivity contribution in [1.82, 2.24) is 4.90 Å². The van der Waals surface area contributed by atoms with Crippen LogP contribution >= 0.6 is 0 Å². The van der Waals surface area contributed by atoms with E-state index in [9.17, 15) is 9.59 Å². The zero-order valence-electron chi connectivity index (χ0n) is 10.8. The highest BCUT2D eigenvalue weighted by molar-refractivity contribution is 5.96. The normalized spacial score (nSPS) is 16.6. The van der Waals surface area contributed by atoms with Gasteiger partial charge in [-0.2, -0.15) is 0 Å². The first-order chi connectivity index (χ1) is 8.66. The highest BCUT2D eigenvalue weighted by Gasteiger charge is 2.23. The minimum absolute atomic E-state index is 0.0194. The molecule has 1 fully saturated rings. The third-order valence-corrected chi connectivity index (χ3v) is 3.52. The van der Waals surface area contributed by atoms with E-state index >= 15 is 0 Å². The molecule has 2 rings (SSSR count). The molecule has 0 radical (unpaired) electrons. The zero-order chi connectivity index (χ0) is 13.0. The molecule has 0 saturated carbocycles. The Kier molecular flexibility index (Phi) is 4.13. The van der Waals surface area contributed by atoms with Gasteiger partial charge in [0.1, 0.15) is 5.78 Å². The number of carbonyl (C=O) groups is 2. The predicted molar refractivity (Wildman–Crippen MR) is 70.3 cm³/mol. The number of hydrogen-bond donors (Lipinski definition) is 0. The van der Waals surface area contributed by atoms with Crippen molar-refractivity contribution in [2.75, 3.05) is 13.1 Å². The van der Waals surface area contributed by atoms with E-state index in [0.717, 1.165) is 25.9 Å². The Morgan fingerprint density at radius 3 is 2.33 bits per heavy atom. The van der Waals surface area contributed by atoms with Gasteiger partial charge in [0.05, 0.1) is 6.42 Å². The molecule has 18 heavy (non-hydrogen) atoms. The molecule has 0 aromatic heterocycles. The molecule has 1 amide bonds. The summed E-state index contributed by atoms with van der Waals surface area (Å²) in [5.74, 6) is 0.478. The first kappa shape index (κ1) is 12.8. The average Bonchev–Trinajstić information content (AvgIpc) is 2.39. The topological polar surface area (TPSA) is 37.4 Å². The number of likely N-dealkylation sites (tertiary alicyclic amines) is 1. The summed E-state index contributed by atoms with van der Waals surface area (Å²) in [7, 11) is 0. The van der Waals surface area contributed by atoms with Crippen LogP contribution in [0.25, 0.3) is 0 Å². The van der Waals surface area contributed by atoms with E-state index in [1.807, 2.05) is 11.0 Å². The van der Waals surface area contributed by atoms with E-state index in [2.05, 4.69) is 24.3 Å². The van der Waals surface area contributed by atoms with Gasteiger partial charge >= 0.3 is 0 Å². The highest BCUT2D eigenvalue weighted by atomic mass is 16.2. The smallest absolute Gasteiger partial charge is 0.230 e. The van der Waals surface area contributed by atoms with E-state index in [1.165, 1.54) is 12.5 Å². The molecule has 3 heteroatoms. The van der Waals surface area contributed by atoms with Crippen LogP contribution in [0.1, 0.15) is 37.7 Å². The minimum atomic E-state index is -0.0508. The fraction of sp³-hybridized carbons (Fsp3) is 0.467. The lowest BCUT2D eigenvalue weighted by Crippen LogP contribution is -2.38. The van der Waals surface area contributed by atoms with Crippen LogP contribution in [0.3, 0.4) is 0 Å². The number of carbonyl (C=O) groups excluding carboxylic acids is 2. The van der Waals surface area contributed by atoms with Crippen molar-refractivity contribution < 1.29 is 9.59 Å². The standard InChI is InChI=1S/C15H19NO2/c1-12(17)11-15(18)16-9-7-14(8-10-16)13-5-3-2-4-6-13/h2-6,14H,7-11H2,1H3.